The van der Waals surface area contributed by atoms with Gasteiger partial charge in [-0.1, -0.05) is 6.42 Å². The molecule has 0 aromatic heterocycles. The summed E-state index contributed by atoms with van der Waals surface area (Å²) in [6.07, 6.45) is 11.4. The molecule has 1 aliphatic heterocycles. The lowest BCUT2D eigenvalue weighted by molar-refractivity contribution is -0.126. The Morgan fingerprint density at radius 3 is 1.63 bits per heavy atom. The SMILES string of the molecule is CC(C)(C)OC(=O)N1CC2(CCC(=O)CC2)C1.O=C1CCC2(CCC2)CC1. The molecule has 152 valence electrons. The maximum atomic E-state index is 11.8. The highest BCUT2D eigenvalue weighted by Crippen LogP contribution is 2.50. The minimum Gasteiger partial charge on any atom is -0.444 e. The van der Waals surface area contributed by atoms with Crippen molar-refractivity contribution in [2.45, 2.75) is 97.0 Å². The molecular formula is C22H35NO4. The molecule has 27 heavy (non-hydrogen) atoms. The van der Waals surface area contributed by atoms with E-state index in [9.17, 15) is 14.4 Å². The molecule has 0 aromatic carbocycles. The number of nitrogens with zero attached hydrogens (tertiary/aromatic N) is 1. The first kappa shape index (κ1) is 20.3. The van der Waals surface area contributed by atoms with Crippen LogP contribution in [0, 0.1) is 10.8 Å². The van der Waals surface area contributed by atoms with E-state index < -0.39 is 5.60 Å². The fraction of sp³-hybridized carbons (Fsp3) is 0.864. The van der Waals surface area contributed by atoms with Crippen LogP contribution in [0.1, 0.15) is 91.4 Å². The predicted octanol–water partition coefficient (Wildman–Crippen LogP) is 4.67. The van der Waals surface area contributed by atoms with E-state index in [4.69, 9.17) is 4.74 Å². The summed E-state index contributed by atoms with van der Waals surface area (Å²) in [6.45, 7) is 7.14. The zero-order chi connectivity index (χ0) is 19.7. The van der Waals surface area contributed by atoms with Gasteiger partial charge in [0, 0.05) is 44.2 Å². The summed E-state index contributed by atoms with van der Waals surface area (Å²) in [5, 5.41) is 0. The van der Waals surface area contributed by atoms with Crippen LogP contribution in [-0.2, 0) is 14.3 Å². The van der Waals surface area contributed by atoms with Crippen LogP contribution in [0.5, 0.6) is 0 Å². The molecule has 0 aromatic rings. The van der Waals surface area contributed by atoms with Crippen LogP contribution in [-0.4, -0.2) is 41.3 Å². The predicted molar refractivity (Wildman–Crippen MR) is 103 cm³/mol. The van der Waals surface area contributed by atoms with Crippen molar-refractivity contribution in [3.8, 4) is 0 Å². The van der Waals surface area contributed by atoms with Gasteiger partial charge in [0.1, 0.15) is 17.2 Å². The molecule has 4 fully saturated rings. The first-order valence-electron chi connectivity index (χ1n) is 10.6. The molecule has 1 saturated heterocycles. The molecule has 0 radical (unpaired) electrons. The fourth-order valence-corrected chi connectivity index (χ4v) is 4.83. The Hall–Kier alpha value is -1.39. The van der Waals surface area contributed by atoms with Gasteiger partial charge in [0.15, 0.2) is 0 Å². The van der Waals surface area contributed by atoms with E-state index in [0.717, 1.165) is 38.8 Å². The molecule has 1 amide bonds. The van der Waals surface area contributed by atoms with Crippen molar-refractivity contribution >= 4 is 17.7 Å². The molecular weight excluding hydrogens is 342 g/mol. The van der Waals surface area contributed by atoms with Gasteiger partial charge in [-0.3, -0.25) is 9.59 Å². The number of carbonyl (C=O) groups excluding carboxylic acids is 3. The van der Waals surface area contributed by atoms with Gasteiger partial charge >= 0.3 is 6.09 Å². The van der Waals surface area contributed by atoms with Gasteiger partial charge in [0.25, 0.3) is 0 Å². The first-order chi connectivity index (χ1) is 12.6. The number of rotatable bonds is 0. The van der Waals surface area contributed by atoms with Crippen LogP contribution in [0.3, 0.4) is 0 Å². The van der Waals surface area contributed by atoms with Crippen molar-refractivity contribution in [3.63, 3.8) is 0 Å². The molecule has 1 heterocycles. The van der Waals surface area contributed by atoms with Gasteiger partial charge in [-0.15, -0.1) is 0 Å². The van der Waals surface area contributed by atoms with Crippen molar-refractivity contribution in [3.05, 3.63) is 0 Å². The molecule has 4 aliphatic rings. The number of amides is 1. The highest BCUT2D eigenvalue weighted by molar-refractivity contribution is 5.80. The van der Waals surface area contributed by atoms with E-state index in [1.807, 2.05) is 20.8 Å². The Morgan fingerprint density at radius 2 is 1.26 bits per heavy atom. The number of ketones is 2. The van der Waals surface area contributed by atoms with E-state index in [2.05, 4.69) is 0 Å². The maximum Gasteiger partial charge on any atom is 0.410 e. The lowest BCUT2D eigenvalue weighted by Gasteiger charge is -2.51. The molecule has 0 unspecified atom stereocenters. The van der Waals surface area contributed by atoms with Crippen LogP contribution in [0.2, 0.25) is 0 Å². The number of Topliss-reactive ketones (excluding diaryl/α,β-unsaturated/α-hetero) is 2. The standard InChI is InChI=1S/C13H21NO3.C9H14O/c1-12(2,3)17-11(16)14-8-13(9-14)6-4-10(15)5-7-13;10-8-2-6-9(7-3-8)4-1-5-9/h4-9H2,1-3H3;1-7H2. The molecule has 2 spiro atoms. The summed E-state index contributed by atoms with van der Waals surface area (Å²) in [5.74, 6) is 0.865. The Balaban J connectivity index is 0.000000177. The van der Waals surface area contributed by atoms with Crippen LogP contribution in [0.4, 0.5) is 4.79 Å². The van der Waals surface area contributed by atoms with Gasteiger partial charge in [-0.25, -0.2) is 4.79 Å². The van der Waals surface area contributed by atoms with Crippen molar-refractivity contribution in [2.24, 2.45) is 10.8 Å². The molecule has 5 nitrogen and oxygen atoms in total. The largest absolute Gasteiger partial charge is 0.444 e. The van der Waals surface area contributed by atoms with E-state index in [0.29, 0.717) is 29.8 Å². The molecule has 3 saturated carbocycles. The monoisotopic (exact) mass is 377 g/mol. The average Bonchev–Trinajstić information content (AvgIpc) is 2.52. The van der Waals surface area contributed by atoms with E-state index in [-0.39, 0.29) is 11.5 Å². The minimum absolute atomic E-state index is 0.213. The Bertz CT molecular complexity index is 570. The quantitative estimate of drug-likeness (QED) is 0.615. The third-order valence-electron chi connectivity index (χ3n) is 6.86. The fourth-order valence-electron chi connectivity index (χ4n) is 4.83. The summed E-state index contributed by atoms with van der Waals surface area (Å²) < 4.78 is 5.32. The van der Waals surface area contributed by atoms with Crippen molar-refractivity contribution in [1.82, 2.24) is 4.90 Å². The number of likely N-dealkylation sites (tertiary alicyclic amines) is 1. The van der Waals surface area contributed by atoms with Gasteiger partial charge in [-0.05, 0) is 64.7 Å². The summed E-state index contributed by atoms with van der Waals surface area (Å²) in [5.41, 5.74) is 0.446. The number of hydrogen-bond acceptors (Lipinski definition) is 4. The van der Waals surface area contributed by atoms with Crippen molar-refractivity contribution in [2.75, 3.05) is 13.1 Å². The zero-order valence-electron chi connectivity index (χ0n) is 17.3. The lowest BCUT2D eigenvalue weighted by Crippen LogP contribution is -2.60. The third kappa shape index (κ3) is 5.11. The smallest absolute Gasteiger partial charge is 0.410 e. The van der Waals surface area contributed by atoms with Gasteiger partial charge in [0.05, 0.1) is 0 Å². The molecule has 3 aliphatic carbocycles. The first-order valence-corrected chi connectivity index (χ1v) is 10.6. The third-order valence-corrected chi connectivity index (χ3v) is 6.86. The summed E-state index contributed by atoms with van der Waals surface area (Å²) >= 11 is 0. The number of carbonyl (C=O) groups is 3. The molecule has 5 heteroatoms. The summed E-state index contributed by atoms with van der Waals surface area (Å²) in [7, 11) is 0. The number of ether oxygens (including phenoxy) is 1. The molecule has 0 bridgehead atoms. The second kappa shape index (κ2) is 7.56. The second-order valence-electron chi connectivity index (χ2n) is 10.3. The van der Waals surface area contributed by atoms with Crippen LogP contribution in [0.15, 0.2) is 0 Å². The van der Waals surface area contributed by atoms with E-state index in [1.54, 1.807) is 4.90 Å². The lowest BCUT2D eigenvalue weighted by atomic mass is 9.61. The molecule has 0 atom stereocenters. The Labute approximate surface area is 163 Å². The summed E-state index contributed by atoms with van der Waals surface area (Å²) in [6, 6.07) is 0. The number of hydrogen-bond donors (Lipinski definition) is 0. The highest BCUT2D eigenvalue weighted by Gasteiger charge is 2.47. The topological polar surface area (TPSA) is 63.7 Å². The normalized spacial score (nSPS) is 26.0. The van der Waals surface area contributed by atoms with E-state index >= 15 is 0 Å². The summed E-state index contributed by atoms with van der Waals surface area (Å²) in [4.78, 5) is 35.6. The van der Waals surface area contributed by atoms with Crippen molar-refractivity contribution in [1.29, 1.82) is 0 Å². The Kier molecular flexibility index (Phi) is 5.69. The zero-order valence-corrected chi connectivity index (χ0v) is 17.3. The second-order valence-corrected chi connectivity index (χ2v) is 10.3. The maximum absolute atomic E-state index is 11.8. The van der Waals surface area contributed by atoms with Crippen LogP contribution < -0.4 is 0 Å². The molecule has 0 N–H and O–H groups in total. The highest BCUT2D eigenvalue weighted by atomic mass is 16.6. The van der Waals surface area contributed by atoms with Gasteiger partial charge in [0.2, 0.25) is 0 Å². The van der Waals surface area contributed by atoms with Crippen molar-refractivity contribution < 1.29 is 19.1 Å². The average molecular weight is 378 g/mol. The van der Waals surface area contributed by atoms with E-state index in [1.165, 1.54) is 32.1 Å². The van der Waals surface area contributed by atoms with Gasteiger partial charge < -0.3 is 9.64 Å². The molecule has 4 rings (SSSR count). The van der Waals surface area contributed by atoms with Gasteiger partial charge in [-0.2, -0.15) is 0 Å². The minimum atomic E-state index is -0.428. The van der Waals surface area contributed by atoms with Crippen LogP contribution in [0.25, 0.3) is 0 Å². The van der Waals surface area contributed by atoms with Crippen LogP contribution >= 0.6 is 0 Å². The Morgan fingerprint density at radius 1 is 0.815 bits per heavy atom.